The van der Waals surface area contributed by atoms with Crippen molar-refractivity contribution in [2.45, 2.75) is 6.92 Å². The van der Waals surface area contributed by atoms with E-state index in [1.807, 2.05) is 0 Å². The molecule has 0 radical (unpaired) electrons. The molecular weight excluding hydrogens is 102 g/mol. The number of nitrogens with one attached hydrogen (secondary N) is 1. The highest BCUT2D eigenvalue weighted by Gasteiger charge is 1.52. The van der Waals surface area contributed by atoms with Crippen molar-refractivity contribution >= 4 is 12.1 Å². The van der Waals surface area contributed by atoms with Crippen molar-refractivity contribution in [3.63, 3.8) is 0 Å². The molecular formula is C5H9N3. The molecule has 0 aliphatic rings. The monoisotopic (exact) mass is 111 g/mol. The van der Waals surface area contributed by atoms with Crippen LogP contribution in [-0.4, -0.2) is 19.1 Å². The Hall–Kier alpha value is -1.08. The molecule has 0 saturated heterocycles. The summed E-state index contributed by atoms with van der Waals surface area (Å²) in [4.78, 5) is 0. The quantitative estimate of drug-likeness (QED) is 0.406. The third-order valence-electron chi connectivity index (χ3n) is 0.440. The fourth-order valence-corrected chi connectivity index (χ4v) is 0.184. The lowest BCUT2D eigenvalue weighted by Crippen LogP contribution is -1.90. The fourth-order valence-electron chi connectivity index (χ4n) is 0.184. The van der Waals surface area contributed by atoms with Gasteiger partial charge in [0.2, 0.25) is 0 Å². The zero-order valence-corrected chi connectivity index (χ0v) is 5.05. The summed E-state index contributed by atoms with van der Waals surface area (Å²) in [6.07, 6.45) is 3.17. The van der Waals surface area contributed by atoms with Gasteiger partial charge in [-0.05, 0) is 6.92 Å². The van der Waals surface area contributed by atoms with Gasteiger partial charge in [0.05, 0.1) is 6.20 Å². The van der Waals surface area contributed by atoms with E-state index >= 15 is 0 Å². The van der Waals surface area contributed by atoms with Crippen molar-refractivity contribution in [1.29, 1.82) is 0 Å². The number of nitrogens with zero attached hydrogens (tertiary/aromatic N) is 2. The van der Waals surface area contributed by atoms with Gasteiger partial charge >= 0.3 is 0 Å². The van der Waals surface area contributed by atoms with Crippen molar-refractivity contribution in [3.8, 4) is 0 Å². The van der Waals surface area contributed by atoms with E-state index in [9.17, 15) is 0 Å². The van der Waals surface area contributed by atoms with Gasteiger partial charge in [-0.25, -0.2) is 0 Å². The minimum Gasteiger partial charge on any atom is -0.386 e. The molecule has 3 nitrogen and oxygen atoms in total. The van der Waals surface area contributed by atoms with Gasteiger partial charge in [-0.2, -0.15) is 5.10 Å². The summed E-state index contributed by atoms with van der Waals surface area (Å²) in [5, 5.41) is 9.73. The van der Waals surface area contributed by atoms with Gasteiger partial charge in [0.15, 0.2) is 0 Å². The fraction of sp³-hybridized carbons (Fsp3) is 0.400. The Bertz CT molecular complexity index is 120. The van der Waals surface area contributed by atoms with Gasteiger partial charge in [0, 0.05) is 19.1 Å². The summed E-state index contributed by atoms with van der Waals surface area (Å²) in [5.41, 5.74) is 0. The molecule has 0 atom stereocenters. The maximum atomic E-state index is 3.53. The second-order valence-electron chi connectivity index (χ2n) is 1.04. The van der Waals surface area contributed by atoms with Gasteiger partial charge < -0.3 is 5.32 Å². The maximum Gasteiger partial charge on any atom is 0.0612 e. The molecule has 0 spiro atoms. The van der Waals surface area contributed by atoms with Crippen LogP contribution in [0.5, 0.6) is 0 Å². The summed E-state index contributed by atoms with van der Waals surface area (Å²) < 4.78 is 0. The standard InChI is InChI=1S/C5H9N3/c1-3-7-8-5-4-6-2/h3-4,6H,1-2H3/b7-3-. The number of rotatable bonds is 2. The maximum absolute atomic E-state index is 3.53. The average molecular weight is 111 g/mol. The zero-order valence-electron chi connectivity index (χ0n) is 5.05. The van der Waals surface area contributed by atoms with E-state index in [4.69, 9.17) is 0 Å². The van der Waals surface area contributed by atoms with Crippen LogP contribution in [0.4, 0.5) is 0 Å². The first-order chi connectivity index (χ1) is 3.91. The lowest BCUT2D eigenvalue weighted by atomic mass is 10.9. The Morgan fingerprint density at radius 2 is 2.38 bits per heavy atom. The molecule has 0 aromatic heterocycles. The summed E-state index contributed by atoms with van der Waals surface area (Å²) in [6.45, 7) is 1.80. The highest BCUT2D eigenvalue weighted by Crippen LogP contribution is 1.59. The topological polar surface area (TPSA) is 36.8 Å². The van der Waals surface area contributed by atoms with Crippen LogP contribution in [-0.2, 0) is 0 Å². The molecule has 1 N–H and O–H groups in total. The molecule has 0 aromatic carbocycles. The predicted molar refractivity (Wildman–Crippen MR) is 35.2 cm³/mol. The molecule has 0 rings (SSSR count). The predicted octanol–water partition coefficient (Wildman–Crippen LogP) is 0.395. The van der Waals surface area contributed by atoms with E-state index in [0.29, 0.717) is 0 Å². The minimum absolute atomic E-state index is 1.58. The molecule has 0 saturated carbocycles. The Morgan fingerprint density at radius 3 is 2.88 bits per heavy atom. The van der Waals surface area contributed by atoms with Gasteiger partial charge in [0.25, 0.3) is 0 Å². The van der Waals surface area contributed by atoms with E-state index in [1.165, 1.54) is 0 Å². The Morgan fingerprint density at radius 1 is 1.62 bits per heavy atom. The lowest BCUT2D eigenvalue weighted by molar-refractivity contribution is 1.11. The number of hydrogen-bond acceptors (Lipinski definition) is 3. The molecule has 0 heterocycles. The Balaban J connectivity index is 3.47. The van der Waals surface area contributed by atoms with Crippen LogP contribution in [0.2, 0.25) is 0 Å². The first-order valence-corrected chi connectivity index (χ1v) is 2.34. The van der Waals surface area contributed by atoms with Gasteiger partial charge in [-0.15, -0.1) is 5.10 Å². The van der Waals surface area contributed by atoms with Crippen molar-refractivity contribution < 1.29 is 0 Å². The van der Waals surface area contributed by atoms with Gasteiger partial charge in [-0.1, -0.05) is 0 Å². The second-order valence-corrected chi connectivity index (χ2v) is 1.04. The SMILES string of the molecule is C/C=N\N=C=CNC. The normalized spacial score (nSPS) is 8.25. The zero-order chi connectivity index (χ0) is 6.24. The molecule has 0 aromatic rings. The first kappa shape index (κ1) is 6.92. The van der Waals surface area contributed by atoms with E-state index in [1.54, 1.807) is 26.4 Å². The third-order valence-corrected chi connectivity index (χ3v) is 0.440. The third kappa shape index (κ3) is 4.92. The second kappa shape index (κ2) is 5.92. The van der Waals surface area contributed by atoms with Gasteiger partial charge in [0.1, 0.15) is 0 Å². The highest BCUT2D eigenvalue weighted by molar-refractivity contribution is 5.56. The van der Waals surface area contributed by atoms with Crippen molar-refractivity contribution in [2.75, 3.05) is 7.05 Å². The van der Waals surface area contributed by atoms with Gasteiger partial charge in [-0.3, -0.25) is 0 Å². The molecule has 0 amide bonds. The van der Waals surface area contributed by atoms with Crippen molar-refractivity contribution in [2.24, 2.45) is 10.2 Å². The van der Waals surface area contributed by atoms with Crippen LogP contribution < -0.4 is 5.32 Å². The van der Waals surface area contributed by atoms with Crippen LogP contribution in [0.1, 0.15) is 6.92 Å². The molecule has 0 fully saturated rings. The Labute approximate surface area is 48.8 Å². The average Bonchev–Trinajstić information content (AvgIpc) is 1.81. The Kier molecular flexibility index (Phi) is 5.12. The van der Waals surface area contributed by atoms with E-state index in [2.05, 4.69) is 21.4 Å². The summed E-state index contributed by atoms with van der Waals surface area (Å²) in [7, 11) is 1.78. The summed E-state index contributed by atoms with van der Waals surface area (Å²) >= 11 is 0. The highest BCUT2D eigenvalue weighted by atomic mass is 15.2. The molecule has 0 aliphatic heterocycles. The summed E-state index contributed by atoms with van der Waals surface area (Å²) in [6, 6.07) is 0. The molecule has 0 unspecified atom stereocenters. The smallest absolute Gasteiger partial charge is 0.0612 e. The number of hydrogen-bond donors (Lipinski definition) is 1. The van der Waals surface area contributed by atoms with Crippen molar-refractivity contribution in [1.82, 2.24) is 5.32 Å². The first-order valence-electron chi connectivity index (χ1n) is 2.34. The molecule has 3 heteroatoms. The summed E-state index contributed by atoms with van der Waals surface area (Å²) in [5.74, 6) is 2.53. The lowest BCUT2D eigenvalue weighted by Gasteiger charge is -1.72. The largest absolute Gasteiger partial charge is 0.386 e. The minimum atomic E-state index is 1.58. The van der Waals surface area contributed by atoms with Crippen LogP contribution in [0, 0.1) is 0 Å². The molecule has 0 bridgehead atoms. The van der Waals surface area contributed by atoms with Crippen LogP contribution in [0.15, 0.2) is 16.4 Å². The molecule has 8 heavy (non-hydrogen) atoms. The van der Waals surface area contributed by atoms with Crippen LogP contribution >= 0.6 is 0 Å². The van der Waals surface area contributed by atoms with Crippen LogP contribution in [0.25, 0.3) is 0 Å². The van der Waals surface area contributed by atoms with Crippen LogP contribution in [0.3, 0.4) is 0 Å². The van der Waals surface area contributed by atoms with E-state index in [0.717, 1.165) is 0 Å². The van der Waals surface area contributed by atoms with E-state index in [-0.39, 0.29) is 0 Å². The molecule has 44 valence electrons. The molecule has 0 aliphatic carbocycles. The van der Waals surface area contributed by atoms with E-state index < -0.39 is 0 Å². The van der Waals surface area contributed by atoms with Crippen molar-refractivity contribution in [3.05, 3.63) is 6.20 Å².